The van der Waals surface area contributed by atoms with Crippen LogP contribution in [-0.2, 0) is 0 Å². The Morgan fingerprint density at radius 1 is 1.25 bits per heavy atom. The fourth-order valence-electron chi connectivity index (χ4n) is 3.64. The average molecular weight is 341 g/mol. The molecule has 2 unspecified atom stereocenters. The van der Waals surface area contributed by atoms with Gasteiger partial charge in [-0.3, -0.25) is 14.0 Å². The van der Waals surface area contributed by atoms with Crippen molar-refractivity contribution in [2.45, 2.75) is 20.3 Å². The molecule has 4 rings (SSSR count). The van der Waals surface area contributed by atoms with Crippen LogP contribution >= 0.6 is 11.3 Å². The molecule has 1 aliphatic heterocycles. The van der Waals surface area contributed by atoms with E-state index in [-0.39, 0.29) is 11.5 Å². The second kappa shape index (κ2) is 5.70. The van der Waals surface area contributed by atoms with Crippen LogP contribution < -0.4 is 5.56 Å². The standard InChI is InChI=1S/C18H19N3O2S/c1-11-7-12(2)10-20(9-11)18(23)14-8-13-16(24-14)19-15-5-3-4-6-21(15)17(13)22/h3-6,8,11-12H,7,9-10H2,1-2H3. The average Bonchev–Trinajstić information content (AvgIpc) is 2.98. The van der Waals surface area contributed by atoms with Gasteiger partial charge < -0.3 is 4.90 Å². The van der Waals surface area contributed by atoms with Crippen molar-refractivity contribution in [2.75, 3.05) is 13.1 Å². The van der Waals surface area contributed by atoms with E-state index in [0.29, 0.717) is 32.6 Å². The van der Waals surface area contributed by atoms with E-state index < -0.39 is 0 Å². The van der Waals surface area contributed by atoms with Crippen LogP contribution in [0.15, 0.2) is 35.3 Å². The minimum atomic E-state index is -0.119. The van der Waals surface area contributed by atoms with Crippen LogP contribution in [0.5, 0.6) is 0 Å². The van der Waals surface area contributed by atoms with Gasteiger partial charge in [-0.1, -0.05) is 19.9 Å². The summed E-state index contributed by atoms with van der Waals surface area (Å²) in [7, 11) is 0. The lowest BCUT2D eigenvalue weighted by Gasteiger charge is -2.34. The summed E-state index contributed by atoms with van der Waals surface area (Å²) in [5, 5.41) is 0.519. The van der Waals surface area contributed by atoms with Crippen LogP contribution in [0.2, 0.25) is 0 Å². The van der Waals surface area contributed by atoms with Crippen LogP contribution in [0.1, 0.15) is 29.9 Å². The van der Waals surface area contributed by atoms with Gasteiger partial charge in [0.25, 0.3) is 11.5 Å². The second-order valence-electron chi connectivity index (χ2n) is 6.83. The van der Waals surface area contributed by atoms with Crippen molar-refractivity contribution >= 4 is 33.1 Å². The highest BCUT2D eigenvalue weighted by Crippen LogP contribution is 2.27. The Balaban J connectivity index is 1.77. The molecule has 1 amide bonds. The summed E-state index contributed by atoms with van der Waals surface area (Å²) in [6.07, 6.45) is 2.86. The van der Waals surface area contributed by atoms with E-state index in [2.05, 4.69) is 18.8 Å². The Kier molecular flexibility index (Phi) is 3.64. The van der Waals surface area contributed by atoms with Gasteiger partial charge >= 0.3 is 0 Å². The molecule has 3 aromatic heterocycles. The predicted molar refractivity (Wildman–Crippen MR) is 95.7 cm³/mol. The fraction of sp³-hybridized carbons (Fsp3) is 0.389. The quantitative estimate of drug-likeness (QED) is 0.684. The normalized spacial score (nSPS) is 21.5. The first kappa shape index (κ1) is 15.3. The second-order valence-corrected chi connectivity index (χ2v) is 7.86. The Morgan fingerprint density at radius 2 is 2.00 bits per heavy atom. The first-order valence-corrected chi connectivity index (χ1v) is 9.05. The molecular formula is C18H19N3O2S. The van der Waals surface area contributed by atoms with Crippen molar-refractivity contribution in [1.82, 2.24) is 14.3 Å². The van der Waals surface area contributed by atoms with E-state index in [4.69, 9.17) is 0 Å². The van der Waals surface area contributed by atoms with Gasteiger partial charge in [-0.2, -0.15) is 0 Å². The Morgan fingerprint density at radius 3 is 2.75 bits per heavy atom. The lowest BCUT2D eigenvalue weighted by atomic mass is 9.92. The maximum absolute atomic E-state index is 12.9. The summed E-state index contributed by atoms with van der Waals surface area (Å²) in [5.74, 6) is 1.04. The highest BCUT2D eigenvalue weighted by Gasteiger charge is 2.27. The van der Waals surface area contributed by atoms with Crippen LogP contribution in [0.3, 0.4) is 0 Å². The van der Waals surface area contributed by atoms with Crippen molar-refractivity contribution in [2.24, 2.45) is 11.8 Å². The van der Waals surface area contributed by atoms with Crippen LogP contribution in [0.25, 0.3) is 15.9 Å². The molecule has 4 heterocycles. The fourth-order valence-corrected chi connectivity index (χ4v) is 4.64. The number of carbonyl (C=O) groups is 1. The number of aromatic nitrogens is 2. The summed E-state index contributed by atoms with van der Waals surface area (Å²) in [4.78, 5) is 33.2. The van der Waals surface area contributed by atoms with E-state index in [1.807, 2.05) is 11.0 Å². The lowest BCUT2D eigenvalue weighted by molar-refractivity contribution is 0.0628. The molecule has 0 aromatic carbocycles. The van der Waals surface area contributed by atoms with Crippen molar-refractivity contribution in [1.29, 1.82) is 0 Å². The molecule has 5 nitrogen and oxygen atoms in total. The smallest absolute Gasteiger partial charge is 0.266 e. The highest BCUT2D eigenvalue weighted by atomic mass is 32.1. The van der Waals surface area contributed by atoms with Gasteiger partial charge in [0, 0.05) is 19.3 Å². The third kappa shape index (κ3) is 2.51. The van der Waals surface area contributed by atoms with Crippen molar-refractivity contribution in [3.8, 4) is 0 Å². The summed E-state index contributed by atoms with van der Waals surface area (Å²) in [5.41, 5.74) is 0.488. The van der Waals surface area contributed by atoms with Gasteiger partial charge in [0.1, 0.15) is 10.5 Å². The monoisotopic (exact) mass is 341 g/mol. The largest absolute Gasteiger partial charge is 0.337 e. The molecule has 0 N–H and O–H groups in total. The third-order valence-corrected chi connectivity index (χ3v) is 5.60. The molecule has 0 bridgehead atoms. The van der Waals surface area contributed by atoms with Gasteiger partial charge in [0.2, 0.25) is 0 Å². The van der Waals surface area contributed by atoms with Gasteiger partial charge in [-0.25, -0.2) is 4.98 Å². The number of thiophene rings is 1. The zero-order valence-corrected chi connectivity index (χ0v) is 14.5. The van der Waals surface area contributed by atoms with Crippen LogP contribution in [0, 0.1) is 11.8 Å². The van der Waals surface area contributed by atoms with Gasteiger partial charge in [-0.15, -0.1) is 11.3 Å². The number of hydrogen-bond acceptors (Lipinski definition) is 4. The summed E-state index contributed by atoms with van der Waals surface area (Å²) < 4.78 is 1.52. The molecule has 0 saturated carbocycles. The van der Waals surface area contributed by atoms with E-state index in [1.165, 1.54) is 15.7 Å². The Labute approximate surface area is 143 Å². The van der Waals surface area contributed by atoms with E-state index in [1.54, 1.807) is 24.4 Å². The minimum absolute atomic E-state index is 0.0184. The number of amides is 1. The topological polar surface area (TPSA) is 54.7 Å². The summed E-state index contributed by atoms with van der Waals surface area (Å²) in [6.45, 7) is 5.93. The van der Waals surface area contributed by atoms with Crippen molar-refractivity contribution in [3.63, 3.8) is 0 Å². The lowest BCUT2D eigenvalue weighted by Crippen LogP contribution is -2.42. The SMILES string of the molecule is CC1CC(C)CN(C(=O)c2cc3c(=O)n4ccccc4nc3s2)C1. The van der Waals surface area contributed by atoms with Gasteiger partial charge in [-0.05, 0) is 36.5 Å². The van der Waals surface area contributed by atoms with Crippen molar-refractivity contribution < 1.29 is 4.79 Å². The number of carbonyl (C=O) groups excluding carboxylic acids is 1. The molecule has 24 heavy (non-hydrogen) atoms. The number of likely N-dealkylation sites (tertiary alicyclic amines) is 1. The number of piperidine rings is 1. The van der Waals surface area contributed by atoms with Gasteiger partial charge in [0.05, 0.1) is 10.3 Å². The number of pyridine rings is 1. The molecule has 0 spiro atoms. The molecule has 1 fully saturated rings. The maximum Gasteiger partial charge on any atom is 0.266 e. The van der Waals surface area contributed by atoms with E-state index in [9.17, 15) is 9.59 Å². The molecule has 1 aliphatic rings. The summed E-state index contributed by atoms with van der Waals surface area (Å²) in [6, 6.07) is 7.16. The molecule has 2 atom stereocenters. The predicted octanol–water partition coefficient (Wildman–Crippen LogP) is 3.03. The van der Waals surface area contributed by atoms with Crippen LogP contribution in [0.4, 0.5) is 0 Å². The van der Waals surface area contributed by atoms with Crippen molar-refractivity contribution in [3.05, 3.63) is 45.7 Å². The molecule has 0 aliphatic carbocycles. The zero-order valence-electron chi connectivity index (χ0n) is 13.7. The molecular weight excluding hydrogens is 322 g/mol. The van der Waals surface area contributed by atoms with E-state index >= 15 is 0 Å². The zero-order chi connectivity index (χ0) is 16.8. The molecule has 3 aromatic rings. The number of rotatable bonds is 1. The number of hydrogen-bond donors (Lipinski definition) is 0. The Bertz CT molecular complexity index is 981. The first-order valence-electron chi connectivity index (χ1n) is 8.23. The molecule has 0 radical (unpaired) electrons. The maximum atomic E-state index is 12.9. The number of fused-ring (bicyclic) bond motifs is 2. The molecule has 124 valence electrons. The molecule has 6 heteroatoms. The van der Waals surface area contributed by atoms with Crippen LogP contribution in [-0.4, -0.2) is 33.3 Å². The minimum Gasteiger partial charge on any atom is -0.337 e. The first-order chi connectivity index (χ1) is 11.5. The third-order valence-electron chi connectivity index (χ3n) is 4.58. The Hall–Kier alpha value is -2.21. The number of nitrogens with zero attached hydrogens (tertiary/aromatic N) is 3. The van der Waals surface area contributed by atoms with Gasteiger partial charge in [0.15, 0.2) is 0 Å². The van der Waals surface area contributed by atoms with E-state index in [0.717, 1.165) is 19.5 Å². The highest BCUT2D eigenvalue weighted by molar-refractivity contribution is 7.20. The molecule has 1 saturated heterocycles. The summed E-state index contributed by atoms with van der Waals surface area (Å²) >= 11 is 1.31.